The summed E-state index contributed by atoms with van der Waals surface area (Å²) in [5.41, 5.74) is 0.870. The lowest BCUT2D eigenvalue weighted by Crippen LogP contribution is -2.56. The van der Waals surface area contributed by atoms with Crippen LogP contribution in [0.5, 0.6) is 0 Å². The van der Waals surface area contributed by atoms with Crippen LogP contribution in [0.3, 0.4) is 0 Å². The predicted octanol–water partition coefficient (Wildman–Crippen LogP) is 5.29. The van der Waals surface area contributed by atoms with Gasteiger partial charge in [-0.3, -0.25) is 4.90 Å². The van der Waals surface area contributed by atoms with E-state index >= 15 is 0 Å². The number of aromatic nitrogens is 6. The molecule has 0 radical (unpaired) electrons. The van der Waals surface area contributed by atoms with Crippen molar-refractivity contribution >= 4 is 34.4 Å². The molecule has 1 saturated heterocycles. The largest absolute Gasteiger partial charge is 0.417 e. The number of aryl methyl sites for hydroxylation is 2. The molecule has 0 bridgehead atoms. The van der Waals surface area contributed by atoms with Gasteiger partial charge >= 0.3 is 6.18 Å². The Morgan fingerprint density at radius 1 is 1.13 bits per heavy atom. The van der Waals surface area contributed by atoms with Crippen LogP contribution in [0.2, 0.25) is 5.02 Å². The standard InChI is InChI=1S/C25H26ClF5N8/c1-13-11-37(20(16-9-24(27,28)10-16)15-4-5-18(26)17(8-15)25(29,30)31)6-7-38(13)21-19-22(36(3)14(2)33-19)39-12-32-35-23(39)34-21/h4-5,8,12-13,16,20H,6-7,9-11H2,1-3H3. The molecule has 4 aromatic rings. The number of halogens is 6. The maximum absolute atomic E-state index is 14.0. The van der Waals surface area contributed by atoms with Gasteiger partial charge in [0, 0.05) is 51.6 Å². The Labute approximate surface area is 225 Å². The zero-order valence-corrected chi connectivity index (χ0v) is 22.2. The molecule has 2 atom stereocenters. The lowest BCUT2D eigenvalue weighted by Gasteiger charge is -2.49. The molecule has 14 heteroatoms. The Kier molecular flexibility index (Phi) is 6.03. The zero-order valence-electron chi connectivity index (χ0n) is 21.4. The number of piperazine rings is 1. The van der Waals surface area contributed by atoms with Crippen molar-refractivity contribution in [3.8, 4) is 0 Å². The first kappa shape index (κ1) is 26.2. The highest BCUT2D eigenvalue weighted by Gasteiger charge is 2.51. The number of imidazole rings is 1. The number of hydrogen-bond acceptors (Lipinski definition) is 6. The molecule has 8 nitrogen and oxygen atoms in total. The summed E-state index contributed by atoms with van der Waals surface area (Å²) in [4.78, 5) is 13.6. The summed E-state index contributed by atoms with van der Waals surface area (Å²) in [5, 5.41) is 7.70. The maximum Gasteiger partial charge on any atom is 0.417 e. The molecule has 2 fully saturated rings. The van der Waals surface area contributed by atoms with Crippen LogP contribution >= 0.6 is 11.6 Å². The fourth-order valence-corrected chi connectivity index (χ4v) is 6.26. The van der Waals surface area contributed by atoms with Crippen molar-refractivity contribution in [2.75, 3.05) is 24.5 Å². The minimum atomic E-state index is -4.65. The van der Waals surface area contributed by atoms with E-state index in [1.807, 2.05) is 30.4 Å². The number of anilines is 1. The molecule has 0 spiro atoms. The minimum absolute atomic E-state index is 0.139. The monoisotopic (exact) mass is 568 g/mol. The first-order valence-electron chi connectivity index (χ1n) is 12.6. The van der Waals surface area contributed by atoms with E-state index in [1.165, 1.54) is 12.1 Å². The molecule has 208 valence electrons. The van der Waals surface area contributed by atoms with Crippen LogP contribution in [0.25, 0.3) is 16.9 Å². The summed E-state index contributed by atoms with van der Waals surface area (Å²) < 4.78 is 72.6. The van der Waals surface area contributed by atoms with Crippen molar-refractivity contribution in [1.29, 1.82) is 0 Å². The van der Waals surface area contributed by atoms with Gasteiger partial charge in [-0.2, -0.15) is 18.2 Å². The predicted molar refractivity (Wildman–Crippen MR) is 135 cm³/mol. The van der Waals surface area contributed by atoms with Gasteiger partial charge in [-0.25, -0.2) is 18.2 Å². The highest BCUT2D eigenvalue weighted by molar-refractivity contribution is 6.31. The van der Waals surface area contributed by atoms with Crippen LogP contribution < -0.4 is 4.90 Å². The topological polar surface area (TPSA) is 67.4 Å². The smallest absolute Gasteiger partial charge is 0.349 e. The summed E-state index contributed by atoms with van der Waals surface area (Å²) in [6.45, 7) is 5.22. The van der Waals surface area contributed by atoms with Crippen LogP contribution in [-0.4, -0.2) is 65.6 Å². The summed E-state index contributed by atoms with van der Waals surface area (Å²) in [6, 6.07) is 3.01. The lowest BCUT2D eigenvalue weighted by molar-refractivity contribution is -0.139. The van der Waals surface area contributed by atoms with Crippen LogP contribution in [0.4, 0.5) is 27.8 Å². The average molecular weight is 569 g/mol. The summed E-state index contributed by atoms with van der Waals surface area (Å²) >= 11 is 5.86. The number of rotatable bonds is 4. The van der Waals surface area contributed by atoms with Crippen molar-refractivity contribution in [3.05, 3.63) is 46.5 Å². The molecule has 2 unspecified atom stereocenters. The third kappa shape index (κ3) is 4.39. The summed E-state index contributed by atoms with van der Waals surface area (Å²) in [7, 11) is 1.90. The lowest BCUT2D eigenvalue weighted by atomic mass is 9.73. The van der Waals surface area contributed by atoms with Gasteiger partial charge in [0.2, 0.25) is 5.92 Å². The van der Waals surface area contributed by atoms with Crippen molar-refractivity contribution < 1.29 is 22.0 Å². The van der Waals surface area contributed by atoms with Crippen LogP contribution in [0, 0.1) is 12.8 Å². The van der Waals surface area contributed by atoms with E-state index in [4.69, 9.17) is 21.6 Å². The number of nitrogens with zero attached hydrogens (tertiary/aromatic N) is 8. The van der Waals surface area contributed by atoms with Crippen molar-refractivity contribution in [1.82, 2.24) is 34.0 Å². The number of fused-ring (bicyclic) bond motifs is 3. The molecule has 6 rings (SSSR count). The highest BCUT2D eigenvalue weighted by atomic mass is 35.5. The molecule has 1 aliphatic heterocycles. The zero-order chi connectivity index (χ0) is 27.9. The average Bonchev–Trinajstić information content (AvgIpc) is 3.42. The van der Waals surface area contributed by atoms with Gasteiger partial charge in [-0.15, -0.1) is 10.2 Å². The van der Waals surface area contributed by atoms with Gasteiger partial charge in [0.1, 0.15) is 17.7 Å². The second-order valence-electron chi connectivity index (χ2n) is 10.6. The van der Waals surface area contributed by atoms with E-state index in [2.05, 4.69) is 15.1 Å². The second kappa shape index (κ2) is 8.98. The Bertz CT molecular complexity index is 1560. The maximum atomic E-state index is 14.0. The first-order valence-corrected chi connectivity index (χ1v) is 13.0. The number of hydrogen-bond donors (Lipinski definition) is 0. The molecule has 1 aliphatic carbocycles. The van der Waals surface area contributed by atoms with E-state index in [0.717, 1.165) is 17.5 Å². The van der Waals surface area contributed by atoms with Gasteiger partial charge in [0.25, 0.3) is 5.78 Å². The fourth-order valence-electron chi connectivity index (χ4n) is 6.04. The molecular formula is C25H26ClF5N8. The molecule has 0 N–H and O–H groups in total. The molecule has 1 aromatic carbocycles. The van der Waals surface area contributed by atoms with Crippen molar-refractivity contribution in [3.63, 3.8) is 0 Å². The Balaban J connectivity index is 1.34. The van der Waals surface area contributed by atoms with Gasteiger partial charge in [-0.05, 0) is 37.5 Å². The van der Waals surface area contributed by atoms with Crippen molar-refractivity contribution in [2.45, 2.75) is 50.9 Å². The summed E-state index contributed by atoms with van der Waals surface area (Å²) in [5.74, 6) is -1.44. The number of benzene rings is 1. The third-order valence-corrected chi connectivity index (χ3v) is 8.32. The first-order chi connectivity index (χ1) is 18.3. The molecule has 1 saturated carbocycles. The van der Waals surface area contributed by atoms with Gasteiger partial charge < -0.3 is 9.47 Å². The SMILES string of the molecule is Cc1nc2c(N3CCN(C(c4ccc(Cl)c(C(F)(F)F)c4)C4CC(F)(F)C4)CC3C)nc3nncn3c2n1C. The minimum Gasteiger partial charge on any atom is -0.349 e. The highest BCUT2D eigenvalue weighted by Crippen LogP contribution is 2.51. The van der Waals surface area contributed by atoms with E-state index in [1.54, 1.807) is 10.7 Å². The Morgan fingerprint density at radius 3 is 2.54 bits per heavy atom. The molecular weight excluding hydrogens is 543 g/mol. The Morgan fingerprint density at radius 2 is 1.87 bits per heavy atom. The van der Waals surface area contributed by atoms with E-state index in [0.29, 0.717) is 42.3 Å². The second-order valence-corrected chi connectivity index (χ2v) is 11.0. The van der Waals surface area contributed by atoms with Crippen LogP contribution in [0.15, 0.2) is 24.5 Å². The van der Waals surface area contributed by atoms with Crippen LogP contribution in [0.1, 0.15) is 42.8 Å². The number of alkyl halides is 5. The third-order valence-electron chi connectivity index (χ3n) is 7.99. The Hall–Kier alpha value is -3.06. The van der Waals surface area contributed by atoms with E-state index < -0.39 is 34.6 Å². The molecule has 2 aliphatic rings. The van der Waals surface area contributed by atoms with E-state index in [9.17, 15) is 22.0 Å². The van der Waals surface area contributed by atoms with E-state index in [-0.39, 0.29) is 18.9 Å². The van der Waals surface area contributed by atoms with Gasteiger partial charge in [-0.1, -0.05) is 17.7 Å². The van der Waals surface area contributed by atoms with Crippen LogP contribution in [-0.2, 0) is 13.2 Å². The van der Waals surface area contributed by atoms with Crippen molar-refractivity contribution in [2.24, 2.45) is 13.0 Å². The molecule has 4 heterocycles. The molecule has 3 aromatic heterocycles. The van der Waals surface area contributed by atoms with Gasteiger partial charge in [0.05, 0.1) is 10.6 Å². The molecule has 0 amide bonds. The normalized spacial score (nSPS) is 21.6. The summed E-state index contributed by atoms with van der Waals surface area (Å²) in [6.07, 6.45) is -3.80. The van der Waals surface area contributed by atoms with Gasteiger partial charge in [0.15, 0.2) is 11.5 Å². The fraction of sp³-hybridized carbons (Fsp3) is 0.520. The quantitative estimate of drug-likeness (QED) is 0.312. The molecule has 39 heavy (non-hydrogen) atoms.